The van der Waals surface area contributed by atoms with Gasteiger partial charge in [-0.15, -0.1) is 0 Å². The highest BCUT2D eigenvalue weighted by Crippen LogP contribution is 2.49. The number of hydrogen-bond donors (Lipinski definition) is 1. The van der Waals surface area contributed by atoms with Gasteiger partial charge in [0.1, 0.15) is 11.7 Å². The Morgan fingerprint density at radius 3 is 2.50 bits per heavy atom. The summed E-state index contributed by atoms with van der Waals surface area (Å²) in [6, 6.07) is 5.39. The maximum atomic E-state index is 13.1. The Kier molecular flexibility index (Phi) is 3.73. The molecule has 0 aliphatic heterocycles. The van der Waals surface area contributed by atoms with Crippen LogP contribution in [-0.2, 0) is 11.0 Å². The topological polar surface area (TPSA) is 54.9 Å². The molecule has 1 N–H and O–H groups in total. The highest BCUT2D eigenvalue weighted by Gasteiger charge is 2.61. The molecular formula is C15H10F5N3O. The lowest BCUT2D eigenvalue weighted by atomic mass is 10.1. The number of pyridine rings is 2. The number of aromatic nitrogens is 2. The number of nitrogens with one attached hydrogen (secondary N) is 1. The Labute approximate surface area is 132 Å². The summed E-state index contributed by atoms with van der Waals surface area (Å²) in [7, 11) is 0. The molecule has 2 aromatic rings. The van der Waals surface area contributed by atoms with Gasteiger partial charge in [-0.2, -0.15) is 13.2 Å². The van der Waals surface area contributed by atoms with Crippen LogP contribution in [0, 0.1) is 5.92 Å². The highest BCUT2D eigenvalue weighted by molar-refractivity contribution is 5.95. The van der Waals surface area contributed by atoms with E-state index in [4.69, 9.17) is 0 Å². The largest absolute Gasteiger partial charge is 0.418 e. The molecule has 1 atom stereocenters. The van der Waals surface area contributed by atoms with Crippen LogP contribution in [0.2, 0.25) is 0 Å². The fourth-order valence-corrected chi connectivity index (χ4v) is 2.19. The predicted octanol–water partition coefficient (Wildman–Crippen LogP) is 3.76. The van der Waals surface area contributed by atoms with Crippen molar-refractivity contribution in [2.75, 3.05) is 5.32 Å². The number of alkyl halides is 5. The second-order valence-corrected chi connectivity index (χ2v) is 5.33. The first-order valence-corrected chi connectivity index (χ1v) is 6.86. The van der Waals surface area contributed by atoms with E-state index in [0.29, 0.717) is 6.20 Å². The van der Waals surface area contributed by atoms with E-state index in [9.17, 15) is 26.7 Å². The number of carbonyl (C=O) groups excluding carboxylic acids is 1. The smallest absolute Gasteiger partial charge is 0.310 e. The number of carbonyl (C=O) groups is 1. The monoisotopic (exact) mass is 343 g/mol. The summed E-state index contributed by atoms with van der Waals surface area (Å²) in [5.74, 6) is -5.75. The van der Waals surface area contributed by atoms with E-state index in [0.717, 1.165) is 6.07 Å². The molecule has 24 heavy (non-hydrogen) atoms. The molecule has 2 heterocycles. The third-order valence-electron chi connectivity index (χ3n) is 3.54. The Morgan fingerprint density at radius 2 is 1.96 bits per heavy atom. The maximum Gasteiger partial charge on any atom is 0.418 e. The quantitative estimate of drug-likeness (QED) is 0.864. The van der Waals surface area contributed by atoms with Crippen LogP contribution in [0.4, 0.5) is 27.8 Å². The Balaban J connectivity index is 1.94. The van der Waals surface area contributed by atoms with Gasteiger partial charge in [0.15, 0.2) is 0 Å². The minimum atomic E-state index is -4.67. The molecule has 9 heteroatoms. The first-order chi connectivity index (χ1) is 11.2. The number of halogens is 5. The second kappa shape index (κ2) is 5.50. The molecule has 0 radical (unpaired) electrons. The predicted molar refractivity (Wildman–Crippen MR) is 74.2 cm³/mol. The minimum Gasteiger partial charge on any atom is -0.310 e. The van der Waals surface area contributed by atoms with E-state index in [-0.39, 0.29) is 17.1 Å². The number of anilines is 1. The first-order valence-electron chi connectivity index (χ1n) is 6.86. The Bertz CT molecular complexity index is 776. The van der Waals surface area contributed by atoms with Crippen molar-refractivity contribution in [3.63, 3.8) is 0 Å². The lowest BCUT2D eigenvalue weighted by Crippen LogP contribution is -2.19. The van der Waals surface area contributed by atoms with Gasteiger partial charge in [0.25, 0.3) is 5.92 Å². The molecule has 0 aromatic carbocycles. The molecule has 1 aliphatic carbocycles. The summed E-state index contributed by atoms with van der Waals surface area (Å²) in [4.78, 5) is 19.0. The average Bonchev–Trinajstić information content (AvgIpc) is 3.16. The molecule has 4 nitrogen and oxygen atoms in total. The first kappa shape index (κ1) is 16.3. The molecule has 0 saturated heterocycles. The van der Waals surface area contributed by atoms with Crippen molar-refractivity contribution in [2.45, 2.75) is 18.5 Å². The Hall–Kier alpha value is -2.58. The van der Waals surface area contributed by atoms with Crippen molar-refractivity contribution in [3.05, 3.63) is 42.2 Å². The van der Waals surface area contributed by atoms with Crippen LogP contribution in [0.25, 0.3) is 11.3 Å². The van der Waals surface area contributed by atoms with E-state index >= 15 is 0 Å². The fraction of sp³-hybridized carbons (Fsp3) is 0.267. The normalized spacial score (nSPS) is 19.0. The molecule has 1 amide bonds. The lowest BCUT2D eigenvalue weighted by molar-refractivity contribution is -0.137. The van der Waals surface area contributed by atoms with Crippen molar-refractivity contribution in [1.29, 1.82) is 0 Å². The third-order valence-corrected chi connectivity index (χ3v) is 3.54. The SMILES string of the molecule is O=C(Nc1cc(-c2ccccn2)c(C(F)(F)F)cn1)[C@@H]1CC1(F)F. The van der Waals surface area contributed by atoms with E-state index < -0.39 is 35.9 Å². The number of amides is 1. The number of nitrogens with zero attached hydrogens (tertiary/aromatic N) is 2. The van der Waals surface area contributed by atoms with E-state index in [1.807, 2.05) is 0 Å². The number of rotatable bonds is 3. The zero-order valence-corrected chi connectivity index (χ0v) is 11.9. The van der Waals surface area contributed by atoms with Gasteiger partial charge in [0, 0.05) is 24.4 Å². The maximum absolute atomic E-state index is 13.1. The minimum absolute atomic E-state index is 0.0273. The van der Waals surface area contributed by atoms with Gasteiger partial charge in [-0.25, -0.2) is 13.8 Å². The molecule has 126 valence electrons. The summed E-state index contributed by atoms with van der Waals surface area (Å²) in [5, 5.41) is 2.12. The molecule has 0 bridgehead atoms. The standard InChI is InChI=1S/C15H10F5N3O/c16-14(17)6-9(14)13(24)23-12-5-8(11-3-1-2-4-21-11)10(7-22-12)15(18,19)20/h1-5,7,9H,6H2,(H,22,23,24)/t9-/m0/s1. The highest BCUT2D eigenvalue weighted by atomic mass is 19.4. The van der Waals surface area contributed by atoms with Crippen LogP contribution in [0.5, 0.6) is 0 Å². The molecule has 0 spiro atoms. The Morgan fingerprint density at radius 1 is 1.25 bits per heavy atom. The molecule has 2 aromatic heterocycles. The van der Waals surface area contributed by atoms with Crippen molar-refractivity contribution in [1.82, 2.24) is 9.97 Å². The van der Waals surface area contributed by atoms with Gasteiger partial charge in [0.05, 0.1) is 11.3 Å². The van der Waals surface area contributed by atoms with Crippen LogP contribution in [-0.4, -0.2) is 21.8 Å². The summed E-state index contributed by atoms with van der Waals surface area (Å²) >= 11 is 0. The van der Waals surface area contributed by atoms with Crippen molar-refractivity contribution in [2.24, 2.45) is 5.92 Å². The van der Waals surface area contributed by atoms with Gasteiger partial charge in [-0.3, -0.25) is 9.78 Å². The van der Waals surface area contributed by atoms with Crippen molar-refractivity contribution in [3.8, 4) is 11.3 Å². The molecule has 3 rings (SSSR count). The second-order valence-electron chi connectivity index (χ2n) is 5.33. The van der Waals surface area contributed by atoms with Crippen LogP contribution in [0.15, 0.2) is 36.7 Å². The van der Waals surface area contributed by atoms with Crippen molar-refractivity contribution >= 4 is 11.7 Å². The van der Waals surface area contributed by atoms with Crippen LogP contribution < -0.4 is 5.32 Å². The fourth-order valence-electron chi connectivity index (χ4n) is 2.19. The van der Waals surface area contributed by atoms with Gasteiger partial charge in [0.2, 0.25) is 5.91 Å². The molecule has 1 fully saturated rings. The zero-order chi connectivity index (χ0) is 17.5. The molecular weight excluding hydrogens is 333 g/mol. The summed E-state index contributed by atoms with van der Waals surface area (Å²) in [6.45, 7) is 0. The average molecular weight is 343 g/mol. The molecule has 1 aliphatic rings. The molecule has 0 unspecified atom stereocenters. The molecule has 1 saturated carbocycles. The van der Waals surface area contributed by atoms with Gasteiger partial charge in [-0.05, 0) is 18.2 Å². The summed E-state index contributed by atoms with van der Waals surface area (Å²) in [5.41, 5.74) is -1.30. The lowest BCUT2D eigenvalue weighted by Gasteiger charge is -2.13. The van der Waals surface area contributed by atoms with Gasteiger partial charge in [-0.1, -0.05) is 6.07 Å². The van der Waals surface area contributed by atoms with Crippen molar-refractivity contribution < 1.29 is 26.7 Å². The van der Waals surface area contributed by atoms with Gasteiger partial charge >= 0.3 is 6.18 Å². The van der Waals surface area contributed by atoms with E-state index in [1.54, 1.807) is 0 Å². The van der Waals surface area contributed by atoms with Crippen LogP contribution >= 0.6 is 0 Å². The van der Waals surface area contributed by atoms with Gasteiger partial charge < -0.3 is 5.32 Å². The summed E-state index contributed by atoms with van der Waals surface area (Å²) in [6.07, 6.45) is -3.39. The van der Waals surface area contributed by atoms with E-state index in [2.05, 4.69) is 15.3 Å². The zero-order valence-electron chi connectivity index (χ0n) is 11.9. The van der Waals surface area contributed by atoms with E-state index in [1.165, 1.54) is 24.4 Å². The summed E-state index contributed by atoms with van der Waals surface area (Å²) < 4.78 is 65.1. The van der Waals surface area contributed by atoms with Crippen LogP contribution in [0.3, 0.4) is 0 Å². The third kappa shape index (κ3) is 3.19. The van der Waals surface area contributed by atoms with Crippen LogP contribution in [0.1, 0.15) is 12.0 Å². The number of hydrogen-bond acceptors (Lipinski definition) is 3.